The summed E-state index contributed by atoms with van der Waals surface area (Å²) < 4.78 is 5.01. The molecule has 2 N–H and O–H groups in total. The van der Waals surface area contributed by atoms with Crippen molar-refractivity contribution in [3.63, 3.8) is 0 Å². The van der Waals surface area contributed by atoms with E-state index in [-0.39, 0.29) is 0 Å². The van der Waals surface area contributed by atoms with Gasteiger partial charge in [-0.15, -0.1) is 0 Å². The molecule has 2 aromatic rings. The Kier molecular flexibility index (Phi) is 4.53. The zero-order chi connectivity index (χ0) is 14.5. The highest BCUT2D eigenvalue weighted by atomic mass is 32.1. The van der Waals surface area contributed by atoms with Crippen LogP contribution in [0.15, 0.2) is 36.5 Å². The summed E-state index contributed by atoms with van der Waals surface area (Å²) in [6.45, 7) is 4.12. The predicted molar refractivity (Wildman–Crippen MR) is 86.5 cm³/mol. The number of ether oxygens (including phenoxy) is 1. The smallest absolute Gasteiger partial charge is 0.213 e. The number of methoxy groups -OCH3 is 1. The van der Waals surface area contributed by atoms with Gasteiger partial charge in [0.2, 0.25) is 5.88 Å². The van der Waals surface area contributed by atoms with Crippen LogP contribution >= 0.6 is 12.2 Å². The second-order valence-electron chi connectivity index (χ2n) is 4.54. The largest absolute Gasteiger partial charge is 0.481 e. The van der Waals surface area contributed by atoms with Crippen molar-refractivity contribution in [2.75, 3.05) is 17.7 Å². The minimum atomic E-state index is 0.530. The van der Waals surface area contributed by atoms with Gasteiger partial charge >= 0.3 is 0 Å². The molecule has 1 aromatic carbocycles. The minimum Gasteiger partial charge on any atom is -0.481 e. The molecule has 0 bridgehead atoms. The van der Waals surface area contributed by atoms with E-state index in [9.17, 15) is 0 Å². The number of aryl methyl sites for hydroxylation is 2. The van der Waals surface area contributed by atoms with Crippen LogP contribution in [0.1, 0.15) is 11.1 Å². The van der Waals surface area contributed by atoms with Gasteiger partial charge in [-0.1, -0.05) is 6.07 Å². The monoisotopic (exact) mass is 287 g/mol. The van der Waals surface area contributed by atoms with Gasteiger partial charge in [0.05, 0.1) is 19.0 Å². The molecule has 4 nitrogen and oxygen atoms in total. The molecule has 0 aliphatic rings. The molecule has 0 radical (unpaired) electrons. The summed E-state index contributed by atoms with van der Waals surface area (Å²) in [5, 5.41) is 6.77. The number of nitrogens with one attached hydrogen (secondary N) is 2. The van der Waals surface area contributed by atoms with Crippen molar-refractivity contribution in [1.29, 1.82) is 0 Å². The van der Waals surface area contributed by atoms with Gasteiger partial charge in [-0.25, -0.2) is 4.98 Å². The summed E-state index contributed by atoms with van der Waals surface area (Å²) in [7, 11) is 1.59. The molecule has 0 spiro atoms. The van der Waals surface area contributed by atoms with Crippen LogP contribution in [-0.2, 0) is 0 Å². The first kappa shape index (κ1) is 14.3. The standard InChI is InChI=1S/C15H17N3OS/c1-10-6-11(2)8-13(7-10)18-15(20)17-12-4-5-14(19-3)16-9-12/h4-9H,1-3H3,(H2,17,18,20). The highest BCUT2D eigenvalue weighted by molar-refractivity contribution is 7.80. The Balaban J connectivity index is 2.01. The second-order valence-corrected chi connectivity index (χ2v) is 4.95. The van der Waals surface area contributed by atoms with Gasteiger partial charge in [0, 0.05) is 11.8 Å². The SMILES string of the molecule is COc1ccc(NC(=S)Nc2cc(C)cc(C)c2)cn1. The molecule has 104 valence electrons. The molecule has 0 amide bonds. The Labute approximate surface area is 124 Å². The fourth-order valence-corrected chi connectivity index (χ4v) is 2.15. The Morgan fingerprint density at radius 3 is 2.25 bits per heavy atom. The number of thiocarbonyl (C=S) groups is 1. The number of hydrogen-bond acceptors (Lipinski definition) is 3. The number of hydrogen-bond donors (Lipinski definition) is 2. The summed E-state index contributed by atoms with van der Waals surface area (Å²) in [6.07, 6.45) is 1.67. The van der Waals surface area contributed by atoms with Crippen molar-refractivity contribution in [1.82, 2.24) is 4.98 Å². The zero-order valence-electron chi connectivity index (χ0n) is 11.7. The van der Waals surface area contributed by atoms with Crippen molar-refractivity contribution >= 4 is 28.7 Å². The van der Waals surface area contributed by atoms with Gasteiger partial charge in [0.25, 0.3) is 0 Å². The van der Waals surface area contributed by atoms with E-state index < -0.39 is 0 Å². The second kappa shape index (κ2) is 6.34. The number of nitrogens with zero attached hydrogens (tertiary/aromatic N) is 1. The Hall–Kier alpha value is -2.14. The zero-order valence-corrected chi connectivity index (χ0v) is 12.5. The van der Waals surface area contributed by atoms with Crippen molar-refractivity contribution in [2.24, 2.45) is 0 Å². The fourth-order valence-electron chi connectivity index (χ4n) is 1.92. The molecular formula is C15H17N3OS. The molecule has 1 aromatic heterocycles. The third kappa shape index (κ3) is 3.93. The number of pyridine rings is 1. The third-order valence-electron chi connectivity index (χ3n) is 2.68. The van der Waals surface area contributed by atoms with Gasteiger partial charge < -0.3 is 15.4 Å². The maximum Gasteiger partial charge on any atom is 0.213 e. The number of rotatable bonds is 3. The van der Waals surface area contributed by atoms with Crippen LogP contribution in [0.5, 0.6) is 5.88 Å². The molecule has 0 aliphatic heterocycles. The van der Waals surface area contributed by atoms with Gasteiger partial charge in [0.1, 0.15) is 0 Å². The highest BCUT2D eigenvalue weighted by Gasteiger charge is 2.01. The Morgan fingerprint density at radius 1 is 1.05 bits per heavy atom. The highest BCUT2D eigenvalue weighted by Crippen LogP contribution is 2.15. The van der Waals surface area contributed by atoms with Crippen LogP contribution in [0.4, 0.5) is 11.4 Å². The van der Waals surface area contributed by atoms with Gasteiger partial charge in [-0.2, -0.15) is 0 Å². The van der Waals surface area contributed by atoms with E-state index in [0.29, 0.717) is 11.0 Å². The molecule has 0 saturated heterocycles. The Morgan fingerprint density at radius 2 is 1.70 bits per heavy atom. The van der Waals surface area contributed by atoms with E-state index in [1.165, 1.54) is 11.1 Å². The first-order valence-electron chi connectivity index (χ1n) is 6.23. The molecule has 2 rings (SSSR count). The van der Waals surface area contributed by atoms with E-state index >= 15 is 0 Å². The van der Waals surface area contributed by atoms with Crippen LogP contribution in [-0.4, -0.2) is 17.2 Å². The average Bonchev–Trinajstić information content (AvgIpc) is 2.38. The van der Waals surface area contributed by atoms with Crippen LogP contribution in [0, 0.1) is 13.8 Å². The van der Waals surface area contributed by atoms with Crippen LogP contribution in [0.2, 0.25) is 0 Å². The molecule has 0 aliphatic carbocycles. The molecule has 0 unspecified atom stereocenters. The summed E-state index contributed by atoms with van der Waals surface area (Å²) in [4.78, 5) is 4.11. The maximum absolute atomic E-state index is 5.28. The summed E-state index contributed by atoms with van der Waals surface area (Å²) >= 11 is 5.28. The molecule has 20 heavy (non-hydrogen) atoms. The van der Waals surface area contributed by atoms with Crippen molar-refractivity contribution in [2.45, 2.75) is 13.8 Å². The molecule has 1 heterocycles. The van der Waals surface area contributed by atoms with Crippen molar-refractivity contribution < 1.29 is 4.74 Å². The van der Waals surface area contributed by atoms with E-state index in [1.54, 1.807) is 19.4 Å². The summed E-state index contributed by atoms with van der Waals surface area (Å²) in [6, 6.07) is 9.86. The molecule has 0 atom stereocenters. The molecule has 0 saturated carbocycles. The first-order chi connectivity index (χ1) is 9.56. The minimum absolute atomic E-state index is 0.530. The van der Waals surface area contributed by atoms with Crippen LogP contribution in [0.3, 0.4) is 0 Å². The maximum atomic E-state index is 5.28. The molecule has 0 fully saturated rings. The lowest BCUT2D eigenvalue weighted by molar-refractivity contribution is 0.398. The normalized spacial score (nSPS) is 9.95. The van der Waals surface area contributed by atoms with Gasteiger partial charge in [0.15, 0.2) is 5.11 Å². The number of anilines is 2. The number of aromatic nitrogens is 1. The lowest BCUT2D eigenvalue weighted by atomic mass is 10.1. The van der Waals surface area contributed by atoms with Crippen molar-refractivity contribution in [3.05, 3.63) is 47.7 Å². The third-order valence-corrected chi connectivity index (χ3v) is 2.89. The molecular weight excluding hydrogens is 270 g/mol. The van der Waals surface area contributed by atoms with Gasteiger partial charge in [-0.05, 0) is 55.4 Å². The van der Waals surface area contributed by atoms with Crippen LogP contribution in [0.25, 0.3) is 0 Å². The molecule has 5 heteroatoms. The average molecular weight is 287 g/mol. The first-order valence-corrected chi connectivity index (χ1v) is 6.64. The topological polar surface area (TPSA) is 46.2 Å². The van der Waals surface area contributed by atoms with E-state index in [0.717, 1.165) is 11.4 Å². The lowest BCUT2D eigenvalue weighted by Crippen LogP contribution is -2.19. The summed E-state index contributed by atoms with van der Waals surface area (Å²) in [5.74, 6) is 0.573. The quantitative estimate of drug-likeness (QED) is 0.846. The number of benzene rings is 1. The lowest BCUT2D eigenvalue weighted by Gasteiger charge is -2.11. The fraction of sp³-hybridized carbons (Fsp3) is 0.200. The van der Waals surface area contributed by atoms with E-state index in [2.05, 4.69) is 35.5 Å². The van der Waals surface area contributed by atoms with Gasteiger partial charge in [-0.3, -0.25) is 0 Å². The van der Waals surface area contributed by atoms with E-state index in [4.69, 9.17) is 17.0 Å². The van der Waals surface area contributed by atoms with Crippen molar-refractivity contribution in [3.8, 4) is 5.88 Å². The van der Waals surface area contributed by atoms with E-state index in [1.807, 2.05) is 18.2 Å². The Bertz CT molecular complexity index is 591. The summed E-state index contributed by atoms with van der Waals surface area (Å²) in [5.41, 5.74) is 4.18. The predicted octanol–water partition coefficient (Wildman–Crippen LogP) is 3.52. The van der Waals surface area contributed by atoms with Crippen LogP contribution < -0.4 is 15.4 Å².